The molecular formula is C13H14N2O3S. The first-order chi connectivity index (χ1) is 9.13. The summed E-state index contributed by atoms with van der Waals surface area (Å²) in [5.74, 6) is 1.38. The van der Waals surface area contributed by atoms with Gasteiger partial charge in [-0.3, -0.25) is 4.79 Å². The molecule has 0 bridgehead atoms. The van der Waals surface area contributed by atoms with Crippen molar-refractivity contribution in [3.63, 3.8) is 0 Å². The number of aliphatic hydroxyl groups excluding tert-OH is 1. The molecule has 0 saturated carbocycles. The zero-order valence-electron chi connectivity index (χ0n) is 10.5. The van der Waals surface area contributed by atoms with E-state index in [2.05, 4.69) is 4.98 Å². The molecule has 1 saturated heterocycles. The van der Waals surface area contributed by atoms with Gasteiger partial charge in [0.1, 0.15) is 11.5 Å². The van der Waals surface area contributed by atoms with E-state index in [4.69, 9.17) is 4.42 Å². The van der Waals surface area contributed by atoms with E-state index in [1.807, 2.05) is 19.1 Å². The third-order valence-corrected chi connectivity index (χ3v) is 3.98. The number of thiazole rings is 1. The number of nitrogens with zero attached hydrogens (tertiary/aromatic N) is 2. The molecule has 6 heteroatoms. The molecule has 0 spiro atoms. The van der Waals surface area contributed by atoms with E-state index in [-0.39, 0.29) is 5.91 Å². The second-order valence-electron chi connectivity index (χ2n) is 4.64. The van der Waals surface area contributed by atoms with Crippen LogP contribution in [0.15, 0.2) is 21.9 Å². The molecule has 2 aromatic heterocycles. The van der Waals surface area contributed by atoms with Crippen molar-refractivity contribution in [3.8, 4) is 10.8 Å². The van der Waals surface area contributed by atoms with Crippen LogP contribution in [0.5, 0.6) is 0 Å². The van der Waals surface area contributed by atoms with Crippen LogP contribution in [0.25, 0.3) is 10.8 Å². The predicted octanol–water partition coefficient (Wildman–Crippen LogP) is 1.92. The second-order valence-corrected chi connectivity index (χ2v) is 5.50. The minimum atomic E-state index is -0.408. The molecule has 5 nitrogen and oxygen atoms in total. The average Bonchev–Trinajstić information content (AvgIpc) is 3.07. The number of hydrogen-bond donors (Lipinski definition) is 1. The molecule has 1 amide bonds. The quantitative estimate of drug-likeness (QED) is 0.911. The molecule has 0 aromatic carbocycles. The van der Waals surface area contributed by atoms with Gasteiger partial charge in [-0.25, -0.2) is 4.98 Å². The summed E-state index contributed by atoms with van der Waals surface area (Å²) in [5, 5.41) is 11.9. The van der Waals surface area contributed by atoms with E-state index < -0.39 is 6.10 Å². The number of hydrogen-bond acceptors (Lipinski definition) is 5. The minimum absolute atomic E-state index is 0.123. The Bertz CT molecular complexity index is 605. The van der Waals surface area contributed by atoms with Gasteiger partial charge in [-0.15, -0.1) is 11.3 Å². The van der Waals surface area contributed by atoms with Gasteiger partial charge in [-0.1, -0.05) is 0 Å². The normalized spacial score (nSPS) is 19.1. The van der Waals surface area contributed by atoms with Crippen LogP contribution in [0.3, 0.4) is 0 Å². The third kappa shape index (κ3) is 2.41. The van der Waals surface area contributed by atoms with Gasteiger partial charge in [0.25, 0.3) is 5.91 Å². The zero-order valence-corrected chi connectivity index (χ0v) is 11.3. The minimum Gasteiger partial charge on any atom is -0.459 e. The van der Waals surface area contributed by atoms with Crippen LogP contribution < -0.4 is 0 Å². The molecule has 3 rings (SSSR count). The first kappa shape index (κ1) is 12.4. The fourth-order valence-electron chi connectivity index (χ4n) is 2.12. The maximum absolute atomic E-state index is 12.2. The van der Waals surface area contributed by atoms with Crippen LogP contribution >= 0.6 is 11.3 Å². The third-order valence-electron chi connectivity index (χ3n) is 3.13. The largest absolute Gasteiger partial charge is 0.459 e. The molecule has 1 atom stereocenters. The Kier molecular flexibility index (Phi) is 3.12. The smallest absolute Gasteiger partial charge is 0.273 e. The van der Waals surface area contributed by atoms with Gasteiger partial charge < -0.3 is 14.4 Å². The molecule has 1 N–H and O–H groups in total. The summed E-state index contributed by atoms with van der Waals surface area (Å²) in [6.07, 6.45) is 0.231. The Morgan fingerprint density at radius 1 is 1.58 bits per heavy atom. The van der Waals surface area contributed by atoms with Crippen LogP contribution in [0.1, 0.15) is 22.7 Å². The standard InChI is InChI=1S/C13H14N2O3S/c1-8-2-3-11(18-8)12-14-10(7-19-12)13(17)15-5-4-9(16)6-15/h2-3,7,9,16H,4-6H2,1H3/t9-/m1/s1. The number of β-amino-alcohol motifs (C(OH)–C–C–N with tert-alkyl or cyclic N) is 1. The molecule has 3 heterocycles. The first-order valence-electron chi connectivity index (χ1n) is 6.13. The van der Waals surface area contributed by atoms with Gasteiger partial charge in [-0.2, -0.15) is 0 Å². The lowest BCUT2D eigenvalue weighted by Crippen LogP contribution is -2.29. The van der Waals surface area contributed by atoms with Crippen LogP contribution in [0, 0.1) is 6.92 Å². The van der Waals surface area contributed by atoms with Gasteiger partial charge >= 0.3 is 0 Å². The van der Waals surface area contributed by atoms with Crippen LogP contribution in [0.4, 0.5) is 0 Å². The first-order valence-corrected chi connectivity index (χ1v) is 7.01. The summed E-state index contributed by atoms with van der Waals surface area (Å²) < 4.78 is 5.49. The highest BCUT2D eigenvalue weighted by Gasteiger charge is 2.27. The van der Waals surface area contributed by atoms with Gasteiger partial charge in [0.15, 0.2) is 10.8 Å². The number of likely N-dealkylation sites (tertiary alicyclic amines) is 1. The van der Waals surface area contributed by atoms with Crippen molar-refractivity contribution in [3.05, 3.63) is 29.0 Å². The SMILES string of the molecule is Cc1ccc(-c2nc(C(=O)N3CC[C@@H](O)C3)cs2)o1. The van der Waals surface area contributed by atoms with Crippen LogP contribution in [0.2, 0.25) is 0 Å². The molecule has 100 valence electrons. The molecule has 2 aromatic rings. The molecule has 1 fully saturated rings. The Morgan fingerprint density at radius 3 is 3.05 bits per heavy atom. The Morgan fingerprint density at radius 2 is 2.42 bits per heavy atom. The highest BCUT2D eigenvalue weighted by Crippen LogP contribution is 2.26. The average molecular weight is 278 g/mol. The molecule has 0 radical (unpaired) electrons. The fourth-order valence-corrected chi connectivity index (χ4v) is 2.88. The second kappa shape index (κ2) is 4.79. The van der Waals surface area contributed by atoms with E-state index >= 15 is 0 Å². The topological polar surface area (TPSA) is 66.6 Å². The van der Waals surface area contributed by atoms with Gasteiger partial charge in [0.05, 0.1) is 6.10 Å². The van der Waals surface area contributed by atoms with Crippen molar-refractivity contribution in [1.82, 2.24) is 9.88 Å². The summed E-state index contributed by atoms with van der Waals surface area (Å²) in [4.78, 5) is 18.1. The van der Waals surface area contributed by atoms with E-state index in [0.29, 0.717) is 36.0 Å². The summed E-state index contributed by atoms with van der Waals surface area (Å²) in [6, 6.07) is 3.72. The summed E-state index contributed by atoms with van der Waals surface area (Å²) >= 11 is 1.39. The Hall–Kier alpha value is -1.66. The van der Waals surface area contributed by atoms with Crippen molar-refractivity contribution < 1.29 is 14.3 Å². The predicted molar refractivity (Wildman–Crippen MR) is 71.1 cm³/mol. The van der Waals surface area contributed by atoms with Gasteiger partial charge in [-0.05, 0) is 25.5 Å². The molecule has 0 unspecified atom stereocenters. The van der Waals surface area contributed by atoms with Crippen molar-refractivity contribution in [1.29, 1.82) is 0 Å². The van der Waals surface area contributed by atoms with Crippen molar-refractivity contribution >= 4 is 17.2 Å². The van der Waals surface area contributed by atoms with E-state index in [1.165, 1.54) is 11.3 Å². The number of aliphatic hydroxyl groups is 1. The number of aryl methyl sites for hydroxylation is 1. The maximum Gasteiger partial charge on any atom is 0.273 e. The zero-order chi connectivity index (χ0) is 13.4. The maximum atomic E-state index is 12.2. The molecule has 19 heavy (non-hydrogen) atoms. The number of amides is 1. The number of carbonyl (C=O) groups excluding carboxylic acids is 1. The van der Waals surface area contributed by atoms with Crippen LogP contribution in [-0.2, 0) is 0 Å². The van der Waals surface area contributed by atoms with Crippen molar-refractivity contribution in [2.45, 2.75) is 19.4 Å². The Labute approximate surface area is 114 Å². The number of carbonyl (C=O) groups is 1. The van der Waals surface area contributed by atoms with E-state index in [9.17, 15) is 9.90 Å². The van der Waals surface area contributed by atoms with Crippen molar-refractivity contribution in [2.24, 2.45) is 0 Å². The number of furan rings is 1. The molecule has 1 aliphatic rings. The van der Waals surface area contributed by atoms with Crippen LogP contribution in [-0.4, -0.2) is 40.1 Å². The highest BCUT2D eigenvalue weighted by molar-refractivity contribution is 7.13. The fraction of sp³-hybridized carbons (Fsp3) is 0.385. The van der Waals surface area contributed by atoms with E-state index in [0.717, 1.165) is 5.76 Å². The van der Waals surface area contributed by atoms with Gasteiger partial charge in [0, 0.05) is 18.5 Å². The lowest BCUT2D eigenvalue weighted by atomic mass is 10.3. The number of aromatic nitrogens is 1. The van der Waals surface area contributed by atoms with Gasteiger partial charge in [0.2, 0.25) is 0 Å². The Balaban J connectivity index is 1.79. The summed E-state index contributed by atoms with van der Waals surface area (Å²) in [7, 11) is 0. The molecule has 1 aliphatic heterocycles. The lowest BCUT2D eigenvalue weighted by molar-refractivity contribution is 0.0760. The monoisotopic (exact) mass is 278 g/mol. The summed E-state index contributed by atoms with van der Waals surface area (Å²) in [5.41, 5.74) is 0.420. The van der Waals surface area contributed by atoms with E-state index in [1.54, 1.807) is 10.3 Å². The summed E-state index contributed by atoms with van der Waals surface area (Å²) in [6.45, 7) is 2.85. The molecule has 0 aliphatic carbocycles. The molecular weight excluding hydrogens is 264 g/mol. The lowest BCUT2D eigenvalue weighted by Gasteiger charge is -2.13. The highest BCUT2D eigenvalue weighted by atomic mass is 32.1. The number of rotatable bonds is 2. The van der Waals surface area contributed by atoms with Crippen molar-refractivity contribution in [2.75, 3.05) is 13.1 Å².